The third-order valence-electron chi connectivity index (χ3n) is 5.12. The summed E-state index contributed by atoms with van der Waals surface area (Å²) in [6.45, 7) is 5.28. The Morgan fingerprint density at radius 3 is 2.96 bits per heavy atom. The fourth-order valence-electron chi connectivity index (χ4n) is 4.10. The maximum Gasteiger partial charge on any atom is 0.255 e. The maximum atomic E-state index is 13.3. The van der Waals surface area contributed by atoms with Crippen LogP contribution in [0, 0.1) is 0 Å². The van der Waals surface area contributed by atoms with Crippen molar-refractivity contribution in [3.63, 3.8) is 0 Å². The van der Waals surface area contributed by atoms with Crippen LogP contribution in [0.2, 0.25) is 0 Å². The number of aromatic nitrogens is 1. The van der Waals surface area contributed by atoms with Gasteiger partial charge in [-0.15, -0.1) is 0 Å². The topological polar surface area (TPSA) is 51.7 Å². The van der Waals surface area contributed by atoms with Crippen molar-refractivity contribution in [2.75, 3.05) is 13.2 Å². The molecular formula is C20H24N2O3. The van der Waals surface area contributed by atoms with Crippen molar-refractivity contribution >= 4 is 16.8 Å². The van der Waals surface area contributed by atoms with Crippen molar-refractivity contribution in [3.05, 3.63) is 42.1 Å². The minimum atomic E-state index is -0.0202. The Morgan fingerprint density at radius 1 is 1.28 bits per heavy atom. The molecule has 2 fully saturated rings. The van der Waals surface area contributed by atoms with Gasteiger partial charge in [0.1, 0.15) is 6.10 Å². The first kappa shape index (κ1) is 16.5. The van der Waals surface area contributed by atoms with E-state index in [1.54, 1.807) is 6.20 Å². The molecular weight excluding hydrogens is 316 g/mol. The number of hydrogen-bond donors (Lipinski definition) is 0. The second-order valence-corrected chi connectivity index (χ2v) is 7.08. The number of benzene rings is 1. The van der Waals surface area contributed by atoms with Gasteiger partial charge in [-0.05, 0) is 38.8 Å². The molecule has 3 atom stereocenters. The number of morpholine rings is 1. The molecule has 25 heavy (non-hydrogen) atoms. The smallest absolute Gasteiger partial charge is 0.255 e. The molecule has 2 heterocycles. The van der Waals surface area contributed by atoms with E-state index in [2.05, 4.69) is 4.98 Å². The lowest BCUT2D eigenvalue weighted by Gasteiger charge is -2.39. The summed E-state index contributed by atoms with van der Waals surface area (Å²) in [5.41, 5.74) is 1.57. The first-order valence-corrected chi connectivity index (χ1v) is 9.07. The van der Waals surface area contributed by atoms with Gasteiger partial charge in [0.05, 0.1) is 35.9 Å². The van der Waals surface area contributed by atoms with Gasteiger partial charge in [0.2, 0.25) is 0 Å². The molecule has 1 aliphatic heterocycles. The largest absolute Gasteiger partial charge is 0.373 e. The molecule has 5 heteroatoms. The number of pyridine rings is 1. The van der Waals surface area contributed by atoms with Gasteiger partial charge in [0.25, 0.3) is 5.91 Å². The van der Waals surface area contributed by atoms with Crippen LogP contribution >= 0.6 is 0 Å². The van der Waals surface area contributed by atoms with E-state index in [1.807, 2.05) is 49.1 Å². The normalized spacial score (nSPS) is 26.2. The summed E-state index contributed by atoms with van der Waals surface area (Å²) < 4.78 is 12.0. The number of fused-ring (bicyclic) bond motifs is 2. The van der Waals surface area contributed by atoms with Crippen molar-refractivity contribution in [2.24, 2.45) is 0 Å². The molecule has 1 aromatic carbocycles. The van der Waals surface area contributed by atoms with Crippen LogP contribution in [0.25, 0.3) is 10.9 Å². The van der Waals surface area contributed by atoms with Crippen molar-refractivity contribution in [2.45, 2.75) is 51.0 Å². The Kier molecular flexibility index (Phi) is 4.44. The molecule has 4 rings (SSSR count). The SMILES string of the molecule is CC(C)O[C@@H]1CC[C@H]2[C@H]1OCCN2C(=O)c1ccnc2ccccc12. The number of carbonyl (C=O) groups is 1. The number of rotatable bonds is 3. The summed E-state index contributed by atoms with van der Waals surface area (Å²) in [7, 11) is 0. The monoisotopic (exact) mass is 340 g/mol. The van der Waals surface area contributed by atoms with Crippen molar-refractivity contribution in [1.82, 2.24) is 9.88 Å². The van der Waals surface area contributed by atoms with E-state index in [9.17, 15) is 4.79 Å². The summed E-state index contributed by atoms with van der Waals surface area (Å²) in [6.07, 6.45) is 3.81. The maximum absolute atomic E-state index is 13.3. The Labute approximate surface area is 147 Å². The highest BCUT2D eigenvalue weighted by Crippen LogP contribution is 2.34. The molecule has 1 aromatic heterocycles. The minimum Gasteiger partial charge on any atom is -0.373 e. The molecule has 1 amide bonds. The van der Waals surface area contributed by atoms with Crippen LogP contribution in [0.1, 0.15) is 37.0 Å². The zero-order valence-corrected chi connectivity index (χ0v) is 14.7. The van der Waals surface area contributed by atoms with Gasteiger partial charge in [-0.1, -0.05) is 18.2 Å². The highest BCUT2D eigenvalue weighted by atomic mass is 16.5. The molecule has 1 saturated carbocycles. The number of para-hydroxylation sites is 1. The lowest BCUT2D eigenvalue weighted by atomic mass is 10.0. The zero-order chi connectivity index (χ0) is 17.4. The molecule has 0 N–H and O–H groups in total. The average Bonchev–Trinajstić information content (AvgIpc) is 3.03. The van der Waals surface area contributed by atoms with Gasteiger partial charge in [-0.3, -0.25) is 9.78 Å². The second-order valence-electron chi connectivity index (χ2n) is 7.08. The van der Waals surface area contributed by atoms with Gasteiger partial charge < -0.3 is 14.4 Å². The Balaban J connectivity index is 1.62. The van der Waals surface area contributed by atoms with E-state index in [0.717, 1.165) is 29.3 Å². The van der Waals surface area contributed by atoms with Crippen molar-refractivity contribution in [3.8, 4) is 0 Å². The fraction of sp³-hybridized carbons (Fsp3) is 0.500. The molecule has 0 spiro atoms. The third-order valence-corrected chi connectivity index (χ3v) is 5.12. The fourth-order valence-corrected chi connectivity index (χ4v) is 4.10. The first-order chi connectivity index (χ1) is 12.1. The van der Waals surface area contributed by atoms with Crippen LogP contribution in [-0.4, -0.2) is 53.3 Å². The predicted molar refractivity (Wildman–Crippen MR) is 95.6 cm³/mol. The van der Waals surface area contributed by atoms with Crippen LogP contribution in [0.5, 0.6) is 0 Å². The molecule has 5 nitrogen and oxygen atoms in total. The average molecular weight is 340 g/mol. The van der Waals surface area contributed by atoms with E-state index >= 15 is 0 Å². The van der Waals surface area contributed by atoms with Crippen LogP contribution < -0.4 is 0 Å². The summed E-state index contributed by atoms with van der Waals surface area (Å²) in [4.78, 5) is 19.6. The van der Waals surface area contributed by atoms with Gasteiger partial charge in [0, 0.05) is 18.1 Å². The van der Waals surface area contributed by atoms with Crippen LogP contribution in [-0.2, 0) is 9.47 Å². The zero-order valence-electron chi connectivity index (χ0n) is 14.7. The Hall–Kier alpha value is -1.98. The molecule has 0 bridgehead atoms. The summed E-state index contributed by atoms with van der Waals surface area (Å²) in [5, 5.41) is 0.908. The molecule has 132 valence electrons. The molecule has 0 radical (unpaired) electrons. The molecule has 0 unspecified atom stereocenters. The van der Waals surface area contributed by atoms with Gasteiger partial charge in [-0.2, -0.15) is 0 Å². The van der Waals surface area contributed by atoms with Gasteiger partial charge >= 0.3 is 0 Å². The van der Waals surface area contributed by atoms with Gasteiger partial charge in [-0.25, -0.2) is 0 Å². The number of ether oxygens (including phenoxy) is 2. The predicted octanol–water partition coefficient (Wildman–Crippen LogP) is 3.03. The summed E-state index contributed by atoms with van der Waals surface area (Å²) in [6, 6.07) is 9.72. The Bertz CT molecular complexity index is 771. The number of hydrogen-bond acceptors (Lipinski definition) is 4. The summed E-state index contributed by atoms with van der Waals surface area (Å²) in [5.74, 6) is 0.0714. The van der Waals surface area contributed by atoms with E-state index in [4.69, 9.17) is 9.47 Å². The lowest BCUT2D eigenvalue weighted by Crippen LogP contribution is -2.54. The second kappa shape index (κ2) is 6.73. The third kappa shape index (κ3) is 3.02. The van der Waals surface area contributed by atoms with E-state index < -0.39 is 0 Å². The van der Waals surface area contributed by atoms with Crippen molar-refractivity contribution < 1.29 is 14.3 Å². The summed E-state index contributed by atoms with van der Waals surface area (Å²) >= 11 is 0. The molecule has 2 aromatic rings. The molecule has 2 aliphatic rings. The van der Waals surface area contributed by atoms with Crippen LogP contribution in [0.4, 0.5) is 0 Å². The number of amides is 1. The van der Waals surface area contributed by atoms with E-state index in [-0.39, 0.29) is 30.3 Å². The number of carbonyl (C=O) groups excluding carboxylic acids is 1. The van der Waals surface area contributed by atoms with Gasteiger partial charge in [0.15, 0.2) is 0 Å². The quantitative estimate of drug-likeness (QED) is 0.862. The number of nitrogens with zero attached hydrogens (tertiary/aromatic N) is 2. The van der Waals surface area contributed by atoms with E-state index in [1.165, 1.54) is 0 Å². The highest BCUT2D eigenvalue weighted by molar-refractivity contribution is 6.06. The molecule has 1 aliphatic carbocycles. The minimum absolute atomic E-state index is 0.0202. The molecule has 1 saturated heterocycles. The van der Waals surface area contributed by atoms with Crippen LogP contribution in [0.15, 0.2) is 36.5 Å². The van der Waals surface area contributed by atoms with Crippen molar-refractivity contribution in [1.29, 1.82) is 0 Å². The first-order valence-electron chi connectivity index (χ1n) is 9.07. The standard InChI is InChI=1S/C20H24N2O3/c1-13(2)25-18-8-7-17-19(18)24-12-11-22(17)20(23)15-9-10-21-16-6-4-3-5-14(15)16/h3-6,9-10,13,17-19H,7-8,11-12H2,1-2H3/t17-,18+,19+/m0/s1. The lowest BCUT2D eigenvalue weighted by molar-refractivity contribution is -0.116. The van der Waals surface area contributed by atoms with Crippen LogP contribution in [0.3, 0.4) is 0 Å². The highest BCUT2D eigenvalue weighted by Gasteiger charge is 2.45. The Morgan fingerprint density at radius 2 is 2.12 bits per heavy atom. The van der Waals surface area contributed by atoms with E-state index in [0.29, 0.717) is 13.2 Å².